The molecule has 1 fully saturated rings. The summed E-state index contributed by atoms with van der Waals surface area (Å²) in [5, 5.41) is 11.7. The molecule has 2 aromatic heterocycles. The highest BCUT2D eigenvalue weighted by atomic mass is 32.1. The fourth-order valence-electron chi connectivity index (χ4n) is 2.99. The van der Waals surface area contributed by atoms with Crippen LogP contribution >= 0.6 is 11.3 Å². The summed E-state index contributed by atoms with van der Waals surface area (Å²) in [6.45, 7) is 4.33. The SMILES string of the molecule is CCc1cnc(CCNC(=O)[C@H]2CNC[C@@H]2c2cnn(C)c2)s1. The monoisotopic (exact) mass is 333 g/mol. The van der Waals surface area contributed by atoms with Crippen LogP contribution in [0.15, 0.2) is 18.6 Å². The third kappa shape index (κ3) is 3.79. The first-order valence-electron chi connectivity index (χ1n) is 8.08. The van der Waals surface area contributed by atoms with Gasteiger partial charge in [0.15, 0.2) is 0 Å². The van der Waals surface area contributed by atoms with E-state index in [1.807, 2.05) is 25.6 Å². The molecule has 0 bridgehead atoms. The normalized spacial score (nSPS) is 20.8. The number of amides is 1. The van der Waals surface area contributed by atoms with Crippen LogP contribution in [0.1, 0.15) is 28.3 Å². The molecule has 3 rings (SSSR count). The van der Waals surface area contributed by atoms with Crippen LogP contribution in [0, 0.1) is 5.92 Å². The number of nitrogens with one attached hydrogen (secondary N) is 2. The molecule has 0 radical (unpaired) electrons. The van der Waals surface area contributed by atoms with Crippen LogP contribution in [0.5, 0.6) is 0 Å². The van der Waals surface area contributed by atoms with Gasteiger partial charge in [0.2, 0.25) is 5.91 Å². The molecule has 1 aliphatic heterocycles. The van der Waals surface area contributed by atoms with Gasteiger partial charge in [-0.2, -0.15) is 5.10 Å². The maximum absolute atomic E-state index is 12.5. The zero-order valence-electron chi connectivity index (χ0n) is 13.6. The van der Waals surface area contributed by atoms with Crippen LogP contribution in [-0.4, -0.2) is 40.3 Å². The van der Waals surface area contributed by atoms with Gasteiger partial charge in [-0.1, -0.05) is 6.92 Å². The molecule has 2 N–H and O–H groups in total. The highest BCUT2D eigenvalue weighted by Crippen LogP contribution is 2.27. The van der Waals surface area contributed by atoms with E-state index in [0.29, 0.717) is 6.54 Å². The summed E-state index contributed by atoms with van der Waals surface area (Å²) in [5.74, 6) is 0.299. The third-order valence-corrected chi connectivity index (χ3v) is 5.49. The summed E-state index contributed by atoms with van der Waals surface area (Å²) < 4.78 is 1.79. The molecule has 0 spiro atoms. The summed E-state index contributed by atoms with van der Waals surface area (Å²) in [4.78, 5) is 18.2. The molecule has 6 nitrogen and oxygen atoms in total. The second-order valence-electron chi connectivity index (χ2n) is 5.93. The topological polar surface area (TPSA) is 71.8 Å². The average molecular weight is 333 g/mol. The van der Waals surface area contributed by atoms with E-state index in [9.17, 15) is 4.79 Å². The maximum atomic E-state index is 12.5. The molecule has 1 saturated heterocycles. The first-order chi connectivity index (χ1) is 11.2. The lowest BCUT2D eigenvalue weighted by atomic mass is 9.90. The van der Waals surface area contributed by atoms with Crippen molar-refractivity contribution in [2.24, 2.45) is 13.0 Å². The molecule has 1 amide bonds. The zero-order valence-corrected chi connectivity index (χ0v) is 14.4. The predicted octanol–water partition coefficient (Wildman–Crippen LogP) is 1.10. The van der Waals surface area contributed by atoms with Crippen molar-refractivity contribution in [2.45, 2.75) is 25.7 Å². The van der Waals surface area contributed by atoms with E-state index >= 15 is 0 Å². The van der Waals surface area contributed by atoms with E-state index in [2.05, 4.69) is 27.6 Å². The Morgan fingerprint density at radius 1 is 1.48 bits per heavy atom. The van der Waals surface area contributed by atoms with Crippen molar-refractivity contribution in [3.63, 3.8) is 0 Å². The molecular weight excluding hydrogens is 310 g/mol. The van der Waals surface area contributed by atoms with Gasteiger partial charge in [-0.3, -0.25) is 9.48 Å². The van der Waals surface area contributed by atoms with Gasteiger partial charge in [-0.25, -0.2) is 4.98 Å². The van der Waals surface area contributed by atoms with Gasteiger partial charge < -0.3 is 10.6 Å². The molecule has 124 valence electrons. The molecule has 0 saturated carbocycles. The standard InChI is InChI=1S/C16H23N5OS/c1-3-12-7-19-15(23-12)4-5-18-16(22)14-9-17-8-13(14)11-6-20-21(2)10-11/h6-7,10,13-14,17H,3-5,8-9H2,1-2H3,(H,18,22)/t13-,14+/m1/s1. The molecule has 0 unspecified atom stereocenters. The third-order valence-electron chi connectivity index (χ3n) is 4.29. The minimum absolute atomic E-state index is 0.0262. The van der Waals surface area contributed by atoms with Crippen LogP contribution in [0.25, 0.3) is 0 Å². The Balaban J connectivity index is 1.53. The lowest BCUT2D eigenvalue weighted by molar-refractivity contribution is -0.124. The fraction of sp³-hybridized carbons (Fsp3) is 0.562. The van der Waals surface area contributed by atoms with Crippen molar-refractivity contribution in [1.82, 2.24) is 25.4 Å². The average Bonchev–Trinajstić information content (AvgIpc) is 3.26. The van der Waals surface area contributed by atoms with Crippen LogP contribution in [0.4, 0.5) is 0 Å². The number of nitrogens with zero attached hydrogens (tertiary/aromatic N) is 3. The number of carbonyl (C=O) groups excluding carboxylic acids is 1. The van der Waals surface area contributed by atoms with E-state index in [1.165, 1.54) is 4.88 Å². The van der Waals surface area contributed by atoms with Gasteiger partial charge in [0.1, 0.15) is 0 Å². The largest absolute Gasteiger partial charge is 0.355 e. The summed E-state index contributed by atoms with van der Waals surface area (Å²) in [6.07, 6.45) is 7.61. The highest BCUT2D eigenvalue weighted by Gasteiger charge is 2.34. The van der Waals surface area contributed by atoms with Gasteiger partial charge in [0.25, 0.3) is 0 Å². The Bertz CT molecular complexity index is 665. The Hall–Kier alpha value is -1.73. The molecular formula is C16H23N5OS. The van der Waals surface area contributed by atoms with Crippen molar-refractivity contribution in [1.29, 1.82) is 0 Å². The molecule has 2 aromatic rings. The molecule has 1 aliphatic rings. The Kier molecular flexibility index (Phi) is 5.07. The minimum atomic E-state index is -0.0262. The Morgan fingerprint density at radius 2 is 2.35 bits per heavy atom. The number of aromatic nitrogens is 3. The van der Waals surface area contributed by atoms with Crippen molar-refractivity contribution in [2.75, 3.05) is 19.6 Å². The lowest BCUT2D eigenvalue weighted by Crippen LogP contribution is -2.35. The van der Waals surface area contributed by atoms with Crippen molar-refractivity contribution in [3.8, 4) is 0 Å². The molecule has 0 aliphatic carbocycles. The molecule has 0 aromatic carbocycles. The van der Waals surface area contributed by atoms with Crippen molar-refractivity contribution >= 4 is 17.2 Å². The summed E-state index contributed by atoms with van der Waals surface area (Å²) in [6, 6.07) is 0. The number of thiazole rings is 1. The minimum Gasteiger partial charge on any atom is -0.355 e. The second-order valence-corrected chi connectivity index (χ2v) is 7.13. The molecule has 2 atom stereocenters. The van der Waals surface area contributed by atoms with Gasteiger partial charge in [0, 0.05) is 56.3 Å². The van der Waals surface area contributed by atoms with Crippen LogP contribution in [0.3, 0.4) is 0 Å². The Labute approximate surface area is 140 Å². The highest BCUT2D eigenvalue weighted by molar-refractivity contribution is 7.11. The summed E-state index contributed by atoms with van der Waals surface area (Å²) in [5.41, 5.74) is 1.13. The van der Waals surface area contributed by atoms with Crippen LogP contribution < -0.4 is 10.6 Å². The first kappa shape index (κ1) is 16.1. The van der Waals surface area contributed by atoms with Gasteiger partial charge in [-0.05, 0) is 12.0 Å². The van der Waals surface area contributed by atoms with E-state index in [0.717, 1.165) is 36.5 Å². The molecule has 7 heteroatoms. The lowest BCUT2D eigenvalue weighted by Gasteiger charge is -2.16. The van der Waals surface area contributed by atoms with E-state index in [1.54, 1.807) is 16.0 Å². The molecule has 3 heterocycles. The van der Waals surface area contributed by atoms with Gasteiger partial charge in [-0.15, -0.1) is 11.3 Å². The van der Waals surface area contributed by atoms with E-state index in [-0.39, 0.29) is 17.7 Å². The van der Waals surface area contributed by atoms with Crippen LogP contribution in [-0.2, 0) is 24.7 Å². The van der Waals surface area contributed by atoms with Gasteiger partial charge in [0.05, 0.1) is 17.1 Å². The van der Waals surface area contributed by atoms with E-state index < -0.39 is 0 Å². The van der Waals surface area contributed by atoms with E-state index in [4.69, 9.17) is 0 Å². The van der Waals surface area contributed by atoms with Gasteiger partial charge >= 0.3 is 0 Å². The Morgan fingerprint density at radius 3 is 3.04 bits per heavy atom. The quantitative estimate of drug-likeness (QED) is 0.830. The molecule has 23 heavy (non-hydrogen) atoms. The number of rotatable bonds is 6. The number of hydrogen-bond acceptors (Lipinski definition) is 5. The number of aryl methyl sites for hydroxylation is 2. The van der Waals surface area contributed by atoms with Crippen molar-refractivity contribution in [3.05, 3.63) is 34.0 Å². The second kappa shape index (κ2) is 7.23. The number of carbonyl (C=O) groups is 1. The smallest absolute Gasteiger partial charge is 0.225 e. The van der Waals surface area contributed by atoms with Crippen molar-refractivity contribution < 1.29 is 4.79 Å². The fourth-order valence-corrected chi connectivity index (χ4v) is 3.85. The van der Waals surface area contributed by atoms with Crippen LogP contribution in [0.2, 0.25) is 0 Å². The predicted molar refractivity (Wildman–Crippen MR) is 90.5 cm³/mol. The maximum Gasteiger partial charge on any atom is 0.225 e. The number of hydrogen-bond donors (Lipinski definition) is 2. The zero-order chi connectivity index (χ0) is 16.2. The first-order valence-corrected chi connectivity index (χ1v) is 8.89. The summed E-state index contributed by atoms with van der Waals surface area (Å²) >= 11 is 1.73. The summed E-state index contributed by atoms with van der Waals surface area (Å²) in [7, 11) is 1.90.